The largest absolute Gasteiger partial charge is 0.494 e. The van der Waals surface area contributed by atoms with Crippen LogP contribution in [0.4, 0.5) is 5.69 Å². The molecule has 2 heterocycles. The fraction of sp³-hybridized carbons (Fsp3) is 0.632. The molecule has 0 aromatic heterocycles. The molecule has 2 fully saturated rings. The Balaban J connectivity index is 1.74. The minimum Gasteiger partial charge on any atom is -0.399 e. The Morgan fingerprint density at radius 3 is 2.48 bits per heavy atom. The lowest BCUT2D eigenvalue weighted by molar-refractivity contribution is -0.129. The van der Waals surface area contributed by atoms with Gasteiger partial charge in [-0.05, 0) is 51.7 Å². The topological polar surface area (TPSA) is 42.0 Å². The van der Waals surface area contributed by atoms with E-state index >= 15 is 0 Å². The summed E-state index contributed by atoms with van der Waals surface area (Å²) in [5.41, 5.74) is 1.53. The van der Waals surface area contributed by atoms with Crippen LogP contribution in [0.15, 0.2) is 24.3 Å². The quantitative estimate of drug-likeness (QED) is 0.787. The van der Waals surface area contributed by atoms with Crippen molar-refractivity contribution in [3.63, 3.8) is 0 Å². The van der Waals surface area contributed by atoms with Crippen LogP contribution in [0.5, 0.6) is 0 Å². The number of carbonyl (C=O) groups excluding carboxylic acids is 1. The van der Waals surface area contributed by atoms with Gasteiger partial charge in [-0.3, -0.25) is 4.79 Å². The van der Waals surface area contributed by atoms with E-state index in [9.17, 15) is 4.79 Å². The van der Waals surface area contributed by atoms with Crippen molar-refractivity contribution in [3.05, 3.63) is 24.3 Å². The SMILES string of the molecule is CC(=O)N(C)[C@@H]1CCN(c2cccc(B3OC(C)(C)C(C)(C)O3)c2)C1. The van der Waals surface area contributed by atoms with Crippen molar-refractivity contribution >= 4 is 24.2 Å². The number of likely N-dealkylation sites (N-methyl/N-ethyl adjacent to an activating group) is 1. The fourth-order valence-corrected chi connectivity index (χ4v) is 3.40. The summed E-state index contributed by atoms with van der Waals surface area (Å²) >= 11 is 0. The summed E-state index contributed by atoms with van der Waals surface area (Å²) in [5.74, 6) is 0.123. The van der Waals surface area contributed by atoms with E-state index in [-0.39, 0.29) is 30.3 Å². The molecule has 5 nitrogen and oxygen atoms in total. The third kappa shape index (κ3) is 3.42. The molecular formula is C19H29BN2O3. The minimum atomic E-state index is -0.344. The molecular weight excluding hydrogens is 315 g/mol. The zero-order valence-corrected chi connectivity index (χ0v) is 16.2. The van der Waals surface area contributed by atoms with E-state index in [1.54, 1.807) is 6.92 Å². The maximum Gasteiger partial charge on any atom is 0.494 e. The van der Waals surface area contributed by atoms with Gasteiger partial charge in [-0.1, -0.05) is 12.1 Å². The Hall–Kier alpha value is -1.53. The Morgan fingerprint density at radius 1 is 1.24 bits per heavy atom. The van der Waals surface area contributed by atoms with Gasteiger partial charge in [-0.15, -0.1) is 0 Å². The fourth-order valence-electron chi connectivity index (χ4n) is 3.40. The first-order valence-corrected chi connectivity index (χ1v) is 9.05. The van der Waals surface area contributed by atoms with Gasteiger partial charge in [0.05, 0.1) is 17.2 Å². The van der Waals surface area contributed by atoms with Crippen LogP contribution in [-0.2, 0) is 14.1 Å². The second-order valence-electron chi connectivity index (χ2n) is 8.20. The summed E-state index contributed by atoms with van der Waals surface area (Å²) < 4.78 is 12.3. The maximum atomic E-state index is 11.6. The summed E-state index contributed by atoms with van der Waals surface area (Å²) in [6.45, 7) is 11.7. The average molecular weight is 344 g/mol. The molecule has 2 aliphatic rings. The molecule has 6 heteroatoms. The molecule has 0 bridgehead atoms. The highest BCUT2D eigenvalue weighted by atomic mass is 16.7. The van der Waals surface area contributed by atoms with E-state index < -0.39 is 0 Å². The smallest absolute Gasteiger partial charge is 0.399 e. The predicted molar refractivity (Wildman–Crippen MR) is 101 cm³/mol. The highest BCUT2D eigenvalue weighted by Crippen LogP contribution is 2.36. The molecule has 25 heavy (non-hydrogen) atoms. The molecule has 1 aromatic carbocycles. The monoisotopic (exact) mass is 344 g/mol. The van der Waals surface area contributed by atoms with Crippen LogP contribution in [0, 0.1) is 0 Å². The highest BCUT2D eigenvalue weighted by molar-refractivity contribution is 6.62. The molecule has 0 aliphatic carbocycles. The number of amides is 1. The first-order chi connectivity index (χ1) is 11.6. The van der Waals surface area contributed by atoms with Crippen molar-refractivity contribution in [1.82, 2.24) is 4.90 Å². The van der Waals surface area contributed by atoms with E-state index in [1.807, 2.05) is 11.9 Å². The maximum absolute atomic E-state index is 11.6. The molecule has 3 rings (SSSR count). The van der Waals surface area contributed by atoms with Crippen molar-refractivity contribution in [2.24, 2.45) is 0 Å². The van der Waals surface area contributed by atoms with Crippen molar-refractivity contribution in [2.45, 2.75) is 58.3 Å². The van der Waals surface area contributed by atoms with Crippen LogP contribution in [0.25, 0.3) is 0 Å². The summed E-state index contributed by atoms with van der Waals surface area (Å²) in [7, 11) is 1.54. The van der Waals surface area contributed by atoms with Gasteiger partial charge in [-0.25, -0.2) is 0 Å². The van der Waals surface area contributed by atoms with Gasteiger partial charge >= 0.3 is 7.12 Å². The van der Waals surface area contributed by atoms with Crippen LogP contribution < -0.4 is 10.4 Å². The normalized spacial score (nSPS) is 24.6. The number of carbonyl (C=O) groups is 1. The van der Waals surface area contributed by atoms with Crippen molar-refractivity contribution in [1.29, 1.82) is 0 Å². The lowest BCUT2D eigenvalue weighted by atomic mass is 9.79. The standard InChI is InChI=1S/C19H29BN2O3/c1-14(23)21(6)17-10-11-22(13-17)16-9-7-8-15(12-16)20-24-18(2,3)19(4,5)25-20/h7-9,12,17H,10-11,13H2,1-6H3/t17-/m1/s1. The molecule has 1 atom stereocenters. The number of rotatable bonds is 3. The van der Waals surface area contributed by atoms with Crippen LogP contribution in [0.2, 0.25) is 0 Å². The molecule has 0 spiro atoms. The second kappa shape index (κ2) is 6.33. The van der Waals surface area contributed by atoms with Crippen LogP contribution in [0.1, 0.15) is 41.0 Å². The predicted octanol–water partition coefficient (Wildman–Crippen LogP) is 2.04. The van der Waals surface area contributed by atoms with Crippen molar-refractivity contribution in [2.75, 3.05) is 25.0 Å². The number of hydrogen-bond donors (Lipinski definition) is 0. The Morgan fingerprint density at radius 2 is 1.88 bits per heavy atom. The molecule has 1 amide bonds. The Labute approximate surface area is 151 Å². The number of benzene rings is 1. The number of nitrogens with zero attached hydrogens (tertiary/aromatic N) is 2. The van der Waals surface area contributed by atoms with E-state index in [2.05, 4.69) is 56.9 Å². The molecule has 0 N–H and O–H groups in total. The lowest BCUT2D eigenvalue weighted by Crippen LogP contribution is -2.41. The third-order valence-electron chi connectivity index (χ3n) is 5.97. The summed E-state index contributed by atoms with van der Waals surface area (Å²) in [6, 6.07) is 8.65. The molecule has 2 saturated heterocycles. The van der Waals surface area contributed by atoms with Gasteiger partial charge in [0, 0.05) is 32.7 Å². The number of anilines is 1. The number of hydrogen-bond acceptors (Lipinski definition) is 4. The zero-order chi connectivity index (χ0) is 18.4. The van der Waals surface area contributed by atoms with E-state index in [1.165, 1.54) is 0 Å². The highest BCUT2D eigenvalue weighted by Gasteiger charge is 2.51. The van der Waals surface area contributed by atoms with Crippen LogP contribution in [-0.4, -0.2) is 55.3 Å². The summed E-state index contributed by atoms with van der Waals surface area (Å²) in [5, 5.41) is 0. The average Bonchev–Trinajstić information content (AvgIpc) is 3.10. The summed E-state index contributed by atoms with van der Waals surface area (Å²) in [6.07, 6.45) is 0.997. The van der Waals surface area contributed by atoms with Gasteiger partial charge in [0.15, 0.2) is 0 Å². The molecule has 1 aromatic rings. The van der Waals surface area contributed by atoms with Gasteiger partial charge in [0.2, 0.25) is 5.91 Å². The second-order valence-corrected chi connectivity index (χ2v) is 8.20. The van der Waals surface area contributed by atoms with Crippen LogP contribution >= 0.6 is 0 Å². The van der Waals surface area contributed by atoms with Gasteiger partial charge in [0.25, 0.3) is 0 Å². The molecule has 136 valence electrons. The van der Waals surface area contributed by atoms with E-state index in [0.29, 0.717) is 0 Å². The van der Waals surface area contributed by atoms with E-state index in [0.717, 1.165) is 30.7 Å². The molecule has 2 aliphatic heterocycles. The van der Waals surface area contributed by atoms with E-state index in [4.69, 9.17) is 9.31 Å². The molecule has 0 radical (unpaired) electrons. The van der Waals surface area contributed by atoms with Gasteiger partial charge in [0.1, 0.15) is 0 Å². The zero-order valence-electron chi connectivity index (χ0n) is 16.2. The lowest BCUT2D eigenvalue weighted by Gasteiger charge is -2.32. The Kier molecular flexibility index (Phi) is 4.62. The first-order valence-electron chi connectivity index (χ1n) is 9.05. The summed E-state index contributed by atoms with van der Waals surface area (Å²) in [4.78, 5) is 15.8. The van der Waals surface area contributed by atoms with Crippen molar-refractivity contribution < 1.29 is 14.1 Å². The molecule has 0 saturated carbocycles. The van der Waals surface area contributed by atoms with Gasteiger partial charge < -0.3 is 19.1 Å². The molecule has 0 unspecified atom stereocenters. The third-order valence-corrected chi connectivity index (χ3v) is 5.97. The van der Waals surface area contributed by atoms with Crippen LogP contribution in [0.3, 0.4) is 0 Å². The van der Waals surface area contributed by atoms with Gasteiger partial charge in [-0.2, -0.15) is 0 Å². The Bertz CT molecular complexity index is 646. The minimum absolute atomic E-state index is 0.123. The first kappa shape index (κ1) is 18.3. The van der Waals surface area contributed by atoms with Crippen molar-refractivity contribution in [3.8, 4) is 0 Å².